The number of nitrogens with one attached hydrogen (secondary N) is 1. The van der Waals surface area contributed by atoms with Crippen LogP contribution >= 0.6 is 15.9 Å². The minimum atomic E-state index is -0.367. The van der Waals surface area contributed by atoms with Crippen LogP contribution in [0.25, 0.3) is 0 Å². The van der Waals surface area contributed by atoms with Crippen LogP contribution in [-0.2, 0) is 11.3 Å². The molecule has 7 heteroatoms. The largest absolute Gasteiger partial charge is 0.338 e. The number of amides is 3. The van der Waals surface area contributed by atoms with E-state index in [0.29, 0.717) is 19.6 Å². The summed E-state index contributed by atoms with van der Waals surface area (Å²) in [5.41, 5.74) is 2.01. The van der Waals surface area contributed by atoms with Gasteiger partial charge in [-0.3, -0.25) is 9.69 Å². The van der Waals surface area contributed by atoms with Crippen molar-refractivity contribution < 1.29 is 9.59 Å². The molecule has 2 aliphatic heterocycles. The molecule has 1 atom stereocenters. The Morgan fingerprint density at radius 1 is 0.933 bits per heavy atom. The van der Waals surface area contributed by atoms with Gasteiger partial charge in [-0.05, 0) is 46.5 Å². The van der Waals surface area contributed by atoms with Gasteiger partial charge < -0.3 is 15.1 Å². The van der Waals surface area contributed by atoms with E-state index in [0.717, 1.165) is 42.6 Å². The summed E-state index contributed by atoms with van der Waals surface area (Å²) in [6, 6.07) is 17.4. The summed E-state index contributed by atoms with van der Waals surface area (Å²) >= 11 is 3.46. The molecule has 3 amide bonds. The number of hydrogen-bond donors (Lipinski definition) is 1. The van der Waals surface area contributed by atoms with Gasteiger partial charge in [-0.15, -0.1) is 0 Å². The zero-order valence-corrected chi connectivity index (χ0v) is 18.6. The molecular formula is C23H27BrN4O2. The lowest BCUT2D eigenvalue weighted by Crippen LogP contribution is -2.54. The highest BCUT2D eigenvalue weighted by Gasteiger charge is 2.37. The smallest absolute Gasteiger partial charge is 0.322 e. The lowest BCUT2D eigenvalue weighted by atomic mass is 10.1. The minimum absolute atomic E-state index is 0.0779. The predicted molar refractivity (Wildman–Crippen MR) is 121 cm³/mol. The molecule has 0 spiro atoms. The predicted octanol–water partition coefficient (Wildman–Crippen LogP) is 3.79. The molecule has 158 valence electrons. The fourth-order valence-corrected chi connectivity index (χ4v) is 4.58. The van der Waals surface area contributed by atoms with E-state index in [9.17, 15) is 9.59 Å². The summed E-state index contributed by atoms with van der Waals surface area (Å²) in [5, 5.41) is 2.94. The molecule has 2 aromatic carbocycles. The number of halogens is 1. The van der Waals surface area contributed by atoms with Crippen molar-refractivity contribution in [3.63, 3.8) is 0 Å². The second kappa shape index (κ2) is 9.62. The van der Waals surface area contributed by atoms with Crippen LogP contribution in [0.4, 0.5) is 10.5 Å². The molecule has 30 heavy (non-hydrogen) atoms. The lowest BCUT2D eigenvalue weighted by Gasteiger charge is -2.37. The maximum Gasteiger partial charge on any atom is 0.322 e. The molecule has 1 unspecified atom stereocenters. The minimum Gasteiger partial charge on any atom is -0.338 e. The molecule has 2 saturated heterocycles. The number of urea groups is 1. The number of piperazine rings is 1. The van der Waals surface area contributed by atoms with Crippen LogP contribution in [0.5, 0.6) is 0 Å². The van der Waals surface area contributed by atoms with E-state index in [2.05, 4.69) is 50.4 Å². The van der Waals surface area contributed by atoms with Gasteiger partial charge in [0.2, 0.25) is 5.91 Å². The van der Waals surface area contributed by atoms with Gasteiger partial charge in [0.1, 0.15) is 6.04 Å². The fourth-order valence-electron chi connectivity index (χ4n) is 4.19. The fraction of sp³-hybridized carbons (Fsp3) is 0.391. The van der Waals surface area contributed by atoms with Crippen LogP contribution < -0.4 is 5.32 Å². The van der Waals surface area contributed by atoms with E-state index in [1.54, 1.807) is 4.90 Å². The summed E-state index contributed by atoms with van der Waals surface area (Å²) < 4.78 is 0.829. The molecule has 2 aliphatic rings. The Hall–Kier alpha value is -2.38. The molecule has 1 N–H and O–H groups in total. The monoisotopic (exact) mass is 470 g/mol. The Kier molecular flexibility index (Phi) is 6.69. The zero-order chi connectivity index (χ0) is 20.9. The Morgan fingerprint density at radius 3 is 2.37 bits per heavy atom. The number of anilines is 1. The second-order valence-electron chi connectivity index (χ2n) is 7.85. The van der Waals surface area contributed by atoms with Crippen molar-refractivity contribution in [2.75, 3.05) is 38.0 Å². The number of para-hydroxylation sites is 1. The number of carbonyl (C=O) groups is 2. The van der Waals surface area contributed by atoms with Crippen LogP contribution in [0.15, 0.2) is 59.1 Å². The maximum atomic E-state index is 13.2. The zero-order valence-electron chi connectivity index (χ0n) is 17.0. The average Bonchev–Trinajstić information content (AvgIpc) is 3.26. The lowest BCUT2D eigenvalue weighted by molar-refractivity contribution is -0.136. The maximum absolute atomic E-state index is 13.2. The quantitative estimate of drug-likeness (QED) is 0.739. The topological polar surface area (TPSA) is 55.9 Å². The molecule has 4 rings (SSSR count). The van der Waals surface area contributed by atoms with E-state index < -0.39 is 0 Å². The van der Waals surface area contributed by atoms with Crippen molar-refractivity contribution in [3.05, 3.63) is 64.6 Å². The van der Waals surface area contributed by atoms with E-state index in [-0.39, 0.29) is 18.0 Å². The highest BCUT2D eigenvalue weighted by molar-refractivity contribution is 9.10. The molecular weight excluding hydrogens is 444 g/mol. The van der Waals surface area contributed by atoms with Crippen LogP contribution in [0.3, 0.4) is 0 Å². The number of rotatable bonds is 4. The van der Waals surface area contributed by atoms with Gasteiger partial charge >= 0.3 is 6.03 Å². The molecule has 2 heterocycles. The van der Waals surface area contributed by atoms with Gasteiger partial charge in [0, 0.05) is 43.7 Å². The van der Waals surface area contributed by atoms with Gasteiger partial charge in [0.25, 0.3) is 0 Å². The molecule has 0 aliphatic carbocycles. The third kappa shape index (κ3) is 4.84. The van der Waals surface area contributed by atoms with E-state index >= 15 is 0 Å². The molecule has 6 nitrogen and oxygen atoms in total. The van der Waals surface area contributed by atoms with Crippen molar-refractivity contribution in [1.82, 2.24) is 14.7 Å². The Balaban J connectivity index is 1.32. The summed E-state index contributed by atoms with van der Waals surface area (Å²) in [5.74, 6) is 0.0779. The van der Waals surface area contributed by atoms with Gasteiger partial charge in [-0.2, -0.15) is 0 Å². The molecule has 0 saturated carbocycles. The van der Waals surface area contributed by atoms with E-state index in [4.69, 9.17) is 0 Å². The first-order valence-electron chi connectivity index (χ1n) is 10.5. The van der Waals surface area contributed by atoms with Gasteiger partial charge in [0.15, 0.2) is 0 Å². The summed E-state index contributed by atoms with van der Waals surface area (Å²) in [4.78, 5) is 32.0. The normalized spacial score (nSPS) is 19.7. The molecule has 0 bridgehead atoms. The van der Waals surface area contributed by atoms with Gasteiger partial charge in [-0.25, -0.2) is 4.79 Å². The first-order valence-corrected chi connectivity index (χ1v) is 11.3. The average molecular weight is 471 g/mol. The van der Waals surface area contributed by atoms with Gasteiger partial charge in [0.05, 0.1) is 5.69 Å². The Bertz CT molecular complexity index is 884. The number of nitrogens with zero attached hydrogens (tertiary/aromatic N) is 3. The van der Waals surface area contributed by atoms with Crippen molar-refractivity contribution in [1.29, 1.82) is 0 Å². The van der Waals surface area contributed by atoms with Crippen LogP contribution in [0.1, 0.15) is 18.4 Å². The third-order valence-corrected chi connectivity index (χ3v) is 6.54. The first-order chi connectivity index (χ1) is 14.6. The van der Waals surface area contributed by atoms with Crippen molar-refractivity contribution in [2.45, 2.75) is 25.4 Å². The molecule has 2 fully saturated rings. The van der Waals surface area contributed by atoms with Crippen LogP contribution in [-0.4, -0.2) is 65.4 Å². The highest BCUT2D eigenvalue weighted by atomic mass is 79.9. The first kappa shape index (κ1) is 20.9. The molecule has 0 aromatic heterocycles. The standard InChI is InChI=1S/C23H27BrN4O2/c24-19-9-4-5-10-20(19)25-23(30)28-12-6-11-21(28)22(29)27-15-13-26(14-16-27)17-18-7-2-1-3-8-18/h1-5,7-10,21H,6,11-17H2,(H,25,30). The van der Waals surface area contributed by atoms with Crippen molar-refractivity contribution >= 4 is 33.6 Å². The number of likely N-dealkylation sites (tertiary alicyclic amines) is 1. The van der Waals surface area contributed by atoms with E-state index in [1.807, 2.05) is 35.2 Å². The highest BCUT2D eigenvalue weighted by Crippen LogP contribution is 2.25. The van der Waals surface area contributed by atoms with Crippen molar-refractivity contribution in [2.24, 2.45) is 0 Å². The Morgan fingerprint density at radius 2 is 1.63 bits per heavy atom. The third-order valence-electron chi connectivity index (χ3n) is 5.85. The van der Waals surface area contributed by atoms with E-state index in [1.165, 1.54) is 5.56 Å². The second-order valence-corrected chi connectivity index (χ2v) is 8.70. The molecule has 0 radical (unpaired) electrons. The SMILES string of the molecule is O=C(C1CCCN1C(=O)Nc1ccccc1Br)N1CCN(Cc2ccccc2)CC1. The number of carbonyl (C=O) groups excluding carboxylic acids is 2. The van der Waals surface area contributed by atoms with Crippen LogP contribution in [0.2, 0.25) is 0 Å². The Labute approximate surface area is 186 Å². The molecule has 2 aromatic rings. The van der Waals surface area contributed by atoms with Crippen LogP contribution in [0, 0.1) is 0 Å². The summed E-state index contributed by atoms with van der Waals surface area (Å²) in [6.45, 7) is 4.66. The van der Waals surface area contributed by atoms with Crippen molar-refractivity contribution in [3.8, 4) is 0 Å². The number of benzene rings is 2. The summed E-state index contributed by atoms with van der Waals surface area (Å²) in [6.07, 6.45) is 1.58. The summed E-state index contributed by atoms with van der Waals surface area (Å²) in [7, 11) is 0. The van der Waals surface area contributed by atoms with Gasteiger partial charge in [-0.1, -0.05) is 42.5 Å². The number of hydrogen-bond acceptors (Lipinski definition) is 3.